The maximum absolute atomic E-state index is 13.5. The molecule has 5 heteroatoms. The highest BCUT2D eigenvalue weighted by Gasteiger charge is 2.17. The molecule has 2 rings (SSSR count). The summed E-state index contributed by atoms with van der Waals surface area (Å²) in [5.74, 6) is -0.110. The molecule has 2 aromatic rings. The normalized spacial score (nSPS) is 12.2. The zero-order valence-electron chi connectivity index (χ0n) is 10.7. The van der Waals surface area contributed by atoms with Gasteiger partial charge in [-0.3, -0.25) is 0 Å². The Morgan fingerprint density at radius 1 is 1.35 bits per heavy atom. The van der Waals surface area contributed by atoms with E-state index >= 15 is 0 Å². The minimum atomic E-state index is -0.805. The summed E-state index contributed by atoms with van der Waals surface area (Å²) in [6, 6.07) is 10.0. The lowest BCUT2D eigenvalue weighted by Crippen LogP contribution is -2.05. The molecular weight excluding hydrogens is 347 g/mol. The first-order valence-corrected chi connectivity index (χ1v) is 7.14. The minimum Gasteiger partial charge on any atom is -0.496 e. The molecule has 0 amide bonds. The van der Waals surface area contributed by atoms with Crippen molar-refractivity contribution in [2.24, 2.45) is 0 Å². The first kappa shape index (κ1) is 15.3. The van der Waals surface area contributed by atoms with Gasteiger partial charge in [0.2, 0.25) is 0 Å². The summed E-state index contributed by atoms with van der Waals surface area (Å²) in [4.78, 5) is 0. The van der Waals surface area contributed by atoms with Crippen molar-refractivity contribution in [2.75, 3.05) is 7.11 Å². The van der Waals surface area contributed by atoms with Crippen LogP contribution in [0, 0.1) is 5.82 Å². The summed E-state index contributed by atoms with van der Waals surface area (Å²) < 4.78 is 18.9. The van der Waals surface area contributed by atoms with E-state index in [0.717, 1.165) is 5.56 Å². The van der Waals surface area contributed by atoms with Gasteiger partial charge in [0.05, 0.1) is 17.7 Å². The summed E-state index contributed by atoms with van der Waals surface area (Å²) in [5.41, 5.74) is 1.42. The molecule has 0 aliphatic carbocycles. The Bertz CT molecular complexity index is 619. The average molecular weight is 360 g/mol. The fourth-order valence-corrected chi connectivity index (χ4v) is 2.55. The minimum absolute atomic E-state index is 0.290. The van der Waals surface area contributed by atoms with E-state index in [1.165, 1.54) is 19.2 Å². The van der Waals surface area contributed by atoms with E-state index in [-0.39, 0.29) is 0 Å². The topological polar surface area (TPSA) is 29.5 Å². The highest BCUT2D eigenvalue weighted by atomic mass is 79.9. The Labute approximate surface area is 130 Å². The first-order chi connectivity index (χ1) is 9.51. The van der Waals surface area contributed by atoms with E-state index in [2.05, 4.69) is 15.9 Å². The van der Waals surface area contributed by atoms with Crippen molar-refractivity contribution in [3.05, 3.63) is 62.8 Å². The van der Waals surface area contributed by atoms with E-state index in [1.54, 1.807) is 12.1 Å². The number of halogens is 3. The van der Waals surface area contributed by atoms with Crippen LogP contribution in [0.15, 0.2) is 40.9 Å². The van der Waals surface area contributed by atoms with E-state index in [9.17, 15) is 9.50 Å². The number of hydrogen-bond donors (Lipinski definition) is 1. The van der Waals surface area contributed by atoms with Crippen LogP contribution in [-0.2, 0) is 6.42 Å². The van der Waals surface area contributed by atoms with Gasteiger partial charge in [0.15, 0.2) is 0 Å². The van der Waals surface area contributed by atoms with Gasteiger partial charge >= 0.3 is 0 Å². The van der Waals surface area contributed by atoms with Gasteiger partial charge in [-0.05, 0) is 39.7 Å². The number of aliphatic hydroxyl groups excluding tert-OH is 1. The fraction of sp³-hybridized carbons (Fsp3) is 0.200. The Kier molecular flexibility index (Phi) is 5.02. The third-order valence-electron chi connectivity index (χ3n) is 2.95. The van der Waals surface area contributed by atoms with Crippen molar-refractivity contribution in [3.63, 3.8) is 0 Å². The molecule has 1 unspecified atom stereocenters. The van der Waals surface area contributed by atoms with Gasteiger partial charge in [0.1, 0.15) is 11.6 Å². The molecule has 1 atom stereocenters. The molecule has 1 N–H and O–H groups in total. The molecule has 2 aromatic carbocycles. The molecule has 0 saturated heterocycles. The molecule has 0 aromatic heterocycles. The van der Waals surface area contributed by atoms with Gasteiger partial charge < -0.3 is 9.84 Å². The quantitative estimate of drug-likeness (QED) is 0.869. The molecule has 20 heavy (non-hydrogen) atoms. The molecule has 0 aliphatic heterocycles. The molecule has 0 spiro atoms. The van der Waals surface area contributed by atoms with Gasteiger partial charge in [-0.1, -0.05) is 23.7 Å². The molecule has 106 valence electrons. The predicted molar refractivity (Wildman–Crippen MR) is 80.8 cm³/mol. The van der Waals surface area contributed by atoms with Crippen LogP contribution in [0.25, 0.3) is 0 Å². The lowest BCUT2D eigenvalue weighted by Gasteiger charge is -2.16. The third-order valence-corrected chi connectivity index (χ3v) is 3.79. The molecule has 0 aliphatic rings. The van der Waals surface area contributed by atoms with Crippen molar-refractivity contribution in [2.45, 2.75) is 12.5 Å². The summed E-state index contributed by atoms with van der Waals surface area (Å²) >= 11 is 9.03. The maximum atomic E-state index is 13.5. The maximum Gasteiger partial charge on any atom is 0.141 e. The van der Waals surface area contributed by atoms with Gasteiger partial charge in [-0.25, -0.2) is 4.39 Å². The summed E-state index contributed by atoms with van der Waals surface area (Å²) in [6.07, 6.45) is -0.435. The van der Waals surface area contributed by atoms with Gasteiger partial charge in [-0.15, -0.1) is 0 Å². The zero-order valence-corrected chi connectivity index (χ0v) is 13.1. The van der Waals surface area contributed by atoms with Crippen LogP contribution in [0.1, 0.15) is 17.2 Å². The predicted octanol–water partition coefficient (Wildman–Crippen LogP) is 4.53. The molecule has 0 heterocycles. The van der Waals surface area contributed by atoms with Crippen molar-refractivity contribution >= 4 is 27.5 Å². The Hall–Kier alpha value is -1.10. The lowest BCUT2D eigenvalue weighted by molar-refractivity contribution is 0.173. The van der Waals surface area contributed by atoms with Gasteiger partial charge in [0, 0.05) is 23.1 Å². The second-order valence-corrected chi connectivity index (χ2v) is 5.65. The van der Waals surface area contributed by atoms with E-state index in [4.69, 9.17) is 16.3 Å². The van der Waals surface area contributed by atoms with Crippen LogP contribution in [-0.4, -0.2) is 12.2 Å². The number of rotatable bonds is 4. The Morgan fingerprint density at radius 3 is 2.75 bits per heavy atom. The number of benzene rings is 2. The average Bonchev–Trinajstić information content (AvgIpc) is 2.41. The van der Waals surface area contributed by atoms with Gasteiger partial charge in [0.25, 0.3) is 0 Å². The molecule has 0 fully saturated rings. The summed E-state index contributed by atoms with van der Waals surface area (Å²) in [6.45, 7) is 0. The molecule has 0 radical (unpaired) electrons. The van der Waals surface area contributed by atoms with Crippen molar-refractivity contribution < 1.29 is 14.2 Å². The second kappa shape index (κ2) is 6.57. The summed E-state index contributed by atoms with van der Waals surface area (Å²) in [5, 5.41) is 10.9. The molecule has 0 bridgehead atoms. The first-order valence-electron chi connectivity index (χ1n) is 5.96. The zero-order chi connectivity index (χ0) is 14.7. The van der Waals surface area contributed by atoms with Crippen LogP contribution < -0.4 is 4.74 Å². The smallest absolute Gasteiger partial charge is 0.141 e. The van der Waals surface area contributed by atoms with Crippen LogP contribution in [0.3, 0.4) is 0 Å². The Balaban J connectivity index is 2.29. The van der Waals surface area contributed by atoms with Crippen LogP contribution in [0.2, 0.25) is 5.02 Å². The Morgan fingerprint density at radius 2 is 2.10 bits per heavy atom. The van der Waals surface area contributed by atoms with Crippen LogP contribution in [0.5, 0.6) is 5.75 Å². The second-order valence-electron chi connectivity index (χ2n) is 4.36. The number of methoxy groups -OCH3 is 1. The van der Waals surface area contributed by atoms with E-state index in [0.29, 0.717) is 27.2 Å². The highest BCUT2D eigenvalue weighted by molar-refractivity contribution is 9.10. The van der Waals surface area contributed by atoms with E-state index in [1.807, 2.05) is 12.1 Å². The largest absolute Gasteiger partial charge is 0.496 e. The SMILES string of the molecule is COc1cc(F)c(Br)cc1C(O)Cc1cccc(Cl)c1. The summed E-state index contributed by atoms with van der Waals surface area (Å²) in [7, 11) is 1.44. The molecule has 0 saturated carbocycles. The van der Waals surface area contributed by atoms with Crippen LogP contribution in [0.4, 0.5) is 4.39 Å². The monoisotopic (exact) mass is 358 g/mol. The molecule has 2 nitrogen and oxygen atoms in total. The van der Waals surface area contributed by atoms with Crippen molar-refractivity contribution in [1.82, 2.24) is 0 Å². The molecular formula is C15H13BrClFO2. The van der Waals surface area contributed by atoms with Crippen molar-refractivity contribution in [1.29, 1.82) is 0 Å². The third kappa shape index (κ3) is 3.51. The standard InChI is InChI=1S/C15H13BrClFO2/c1-20-15-8-13(18)12(16)7-11(15)14(19)6-9-3-2-4-10(17)5-9/h2-5,7-8,14,19H,6H2,1H3. The number of hydrogen-bond acceptors (Lipinski definition) is 2. The fourth-order valence-electron chi connectivity index (χ4n) is 1.98. The number of ether oxygens (including phenoxy) is 1. The highest BCUT2D eigenvalue weighted by Crippen LogP contribution is 2.32. The number of aliphatic hydroxyl groups is 1. The lowest BCUT2D eigenvalue weighted by atomic mass is 10.0. The van der Waals surface area contributed by atoms with Crippen LogP contribution >= 0.6 is 27.5 Å². The van der Waals surface area contributed by atoms with Crippen molar-refractivity contribution in [3.8, 4) is 5.75 Å². The van der Waals surface area contributed by atoms with Gasteiger partial charge in [-0.2, -0.15) is 0 Å². The van der Waals surface area contributed by atoms with E-state index < -0.39 is 11.9 Å².